The van der Waals surface area contributed by atoms with Crippen LogP contribution in [0.4, 0.5) is 0 Å². The maximum absolute atomic E-state index is 10.5. The van der Waals surface area contributed by atoms with Crippen molar-refractivity contribution in [3.8, 4) is 5.75 Å². The van der Waals surface area contributed by atoms with Crippen LogP contribution in [0, 0.1) is 3.57 Å². The van der Waals surface area contributed by atoms with Gasteiger partial charge in [-0.2, -0.15) is 0 Å². The Kier molecular flexibility index (Phi) is 5.96. The Morgan fingerprint density at radius 1 is 1.16 bits per heavy atom. The monoisotopic (exact) mass is 451 g/mol. The van der Waals surface area contributed by atoms with Gasteiger partial charge in [0.1, 0.15) is 25.0 Å². The van der Waals surface area contributed by atoms with E-state index in [1.165, 1.54) is 14.9 Å². The summed E-state index contributed by atoms with van der Waals surface area (Å²) < 4.78 is 11.4. The largest absolute Gasteiger partial charge is 0.491 e. The highest BCUT2D eigenvalue weighted by Crippen LogP contribution is 2.17. The number of hydrogen-bond acceptors (Lipinski definition) is 2. The molecule has 132 valence electrons. The van der Waals surface area contributed by atoms with Crippen LogP contribution in [0.2, 0.25) is 0 Å². The van der Waals surface area contributed by atoms with Gasteiger partial charge in [0, 0.05) is 9.99 Å². The van der Waals surface area contributed by atoms with Gasteiger partial charge in [0.2, 0.25) is 0 Å². The quantitative estimate of drug-likeness (QED) is 0.442. The third kappa shape index (κ3) is 4.15. The fourth-order valence-corrected chi connectivity index (χ4v) is 3.51. The van der Waals surface area contributed by atoms with Gasteiger partial charge in [0.15, 0.2) is 11.0 Å². The molecule has 1 aromatic heterocycles. The second-order valence-electron chi connectivity index (χ2n) is 6.24. The van der Waals surface area contributed by atoms with Crippen LogP contribution in [0.1, 0.15) is 19.2 Å². The topological polar surface area (TPSA) is 38.3 Å². The Morgan fingerprint density at radius 3 is 2.60 bits per heavy atom. The average molecular weight is 451 g/mol. The first kappa shape index (κ1) is 18.2. The summed E-state index contributed by atoms with van der Waals surface area (Å²) >= 11 is 2.26. The van der Waals surface area contributed by atoms with Gasteiger partial charge in [0.25, 0.3) is 5.82 Å². The zero-order chi connectivity index (χ0) is 17.8. The summed E-state index contributed by atoms with van der Waals surface area (Å²) in [5.41, 5.74) is 2.35. The van der Waals surface area contributed by atoms with Crippen molar-refractivity contribution in [3.05, 3.63) is 57.9 Å². The van der Waals surface area contributed by atoms with Crippen molar-refractivity contribution in [3.63, 3.8) is 0 Å². The normalized spacial score (nSPS) is 12.5. The maximum atomic E-state index is 10.5. The number of nitrogens with zero attached hydrogens (tertiary/aromatic N) is 2. The van der Waals surface area contributed by atoms with Gasteiger partial charge in [-0.1, -0.05) is 19.1 Å². The Hall–Kier alpha value is -1.60. The van der Waals surface area contributed by atoms with Crippen molar-refractivity contribution < 1.29 is 14.4 Å². The van der Waals surface area contributed by atoms with E-state index in [0.29, 0.717) is 6.54 Å². The second-order valence-corrected chi connectivity index (χ2v) is 7.49. The molecule has 2 aromatic carbocycles. The molecule has 0 aliphatic heterocycles. The fourth-order valence-electron chi connectivity index (χ4n) is 3.15. The Morgan fingerprint density at radius 2 is 1.88 bits per heavy atom. The Balaban J connectivity index is 1.77. The summed E-state index contributed by atoms with van der Waals surface area (Å²) in [6.07, 6.45) is 1.49. The van der Waals surface area contributed by atoms with E-state index in [-0.39, 0.29) is 6.61 Å². The van der Waals surface area contributed by atoms with Crippen LogP contribution in [0.15, 0.2) is 48.5 Å². The smallest absolute Gasteiger partial charge is 0.257 e. The van der Waals surface area contributed by atoms with E-state index in [1.807, 2.05) is 30.3 Å². The number of aliphatic hydroxyl groups excluding tert-OH is 1. The average Bonchev–Trinajstić information content (AvgIpc) is 2.88. The number of para-hydroxylation sites is 2. The van der Waals surface area contributed by atoms with E-state index in [2.05, 4.69) is 63.9 Å². The number of ether oxygens (including phenoxy) is 1. The molecule has 1 unspecified atom stereocenters. The molecule has 3 rings (SSSR count). The molecule has 0 amide bonds. The van der Waals surface area contributed by atoms with Crippen LogP contribution in [0.3, 0.4) is 0 Å². The summed E-state index contributed by atoms with van der Waals surface area (Å²) in [5, 5.41) is 10.5. The summed E-state index contributed by atoms with van der Waals surface area (Å²) in [6, 6.07) is 16.2. The van der Waals surface area contributed by atoms with E-state index in [0.717, 1.165) is 24.1 Å². The number of fused-ring (bicyclic) bond motifs is 1. The number of aryl methyl sites for hydroxylation is 1. The van der Waals surface area contributed by atoms with Crippen molar-refractivity contribution in [1.29, 1.82) is 0 Å². The van der Waals surface area contributed by atoms with Gasteiger partial charge in [0.05, 0.1) is 7.05 Å². The van der Waals surface area contributed by atoms with Gasteiger partial charge in [-0.3, -0.25) is 0 Å². The highest BCUT2D eigenvalue weighted by molar-refractivity contribution is 14.1. The minimum atomic E-state index is -0.564. The molecule has 1 atom stereocenters. The zero-order valence-corrected chi connectivity index (χ0v) is 16.8. The molecule has 0 saturated carbocycles. The lowest BCUT2D eigenvalue weighted by Gasteiger charge is -2.12. The number of imidazole rings is 1. The van der Waals surface area contributed by atoms with Gasteiger partial charge in [-0.05, 0) is 65.4 Å². The number of halogens is 1. The van der Waals surface area contributed by atoms with E-state index in [9.17, 15) is 5.11 Å². The van der Waals surface area contributed by atoms with Crippen LogP contribution in [-0.2, 0) is 20.0 Å². The third-order valence-electron chi connectivity index (χ3n) is 4.36. The molecule has 0 aliphatic rings. The van der Waals surface area contributed by atoms with Crippen molar-refractivity contribution in [2.45, 2.75) is 32.4 Å². The standard InChI is InChI=1S/C20H24IN2O2/c1-3-6-20-22(2)18-7-4-5-8-19(18)23(20)13-16(24)14-25-17-11-9-15(21)10-12-17/h4-5,7-12,16,24H,3,6,13-14H2,1-2H3/q+1. The van der Waals surface area contributed by atoms with Gasteiger partial charge >= 0.3 is 0 Å². The minimum absolute atomic E-state index is 0.280. The molecule has 25 heavy (non-hydrogen) atoms. The predicted octanol–water partition coefficient (Wildman–Crippen LogP) is 3.46. The Bertz CT molecular complexity index is 843. The number of hydrogen-bond donors (Lipinski definition) is 1. The first-order chi connectivity index (χ1) is 12.1. The molecule has 3 aromatic rings. The lowest BCUT2D eigenvalue weighted by molar-refractivity contribution is -0.654. The molecule has 0 aliphatic carbocycles. The van der Waals surface area contributed by atoms with Crippen LogP contribution >= 0.6 is 22.6 Å². The lowest BCUT2D eigenvalue weighted by Crippen LogP contribution is -2.34. The number of aliphatic hydroxyl groups is 1. The number of benzene rings is 2. The summed E-state index contributed by atoms with van der Waals surface area (Å²) in [4.78, 5) is 0. The molecule has 5 heteroatoms. The summed E-state index contributed by atoms with van der Waals surface area (Å²) in [6.45, 7) is 2.99. The van der Waals surface area contributed by atoms with Crippen LogP contribution in [0.25, 0.3) is 11.0 Å². The molecule has 0 spiro atoms. The SMILES string of the molecule is CCCc1n(CC(O)COc2ccc(I)cc2)c2ccccc2[n+]1C. The molecule has 4 nitrogen and oxygen atoms in total. The number of rotatable bonds is 7. The first-order valence-electron chi connectivity index (χ1n) is 8.62. The van der Waals surface area contributed by atoms with Crippen LogP contribution in [-0.4, -0.2) is 22.4 Å². The summed E-state index contributed by atoms with van der Waals surface area (Å²) in [5.74, 6) is 2.02. The van der Waals surface area contributed by atoms with E-state index in [4.69, 9.17) is 4.74 Å². The van der Waals surface area contributed by atoms with Crippen molar-refractivity contribution in [2.75, 3.05) is 6.61 Å². The molecule has 0 radical (unpaired) electrons. The molecule has 0 bridgehead atoms. The summed E-state index contributed by atoms with van der Waals surface area (Å²) in [7, 11) is 2.10. The van der Waals surface area contributed by atoms with Crippen LogP contribution in [0.5, 0.6) is 5.75 Å². The minimum Gasteiger partial charge on any atom is -0.491 e. The zero-order valence-electron chi connectivity index (χ0n) is 14.7. The number of aromatic nitrogens is 2. The molecule has 1 N–H and O–H groups in total. The molecule has 0 fully saturated rings. The van der Waals surface area contributed by atoms with Gasteiger partial charge in [-0.15, -0.1) is 0 Å². The molecular weight excluding hydrogens is 427 g/mol. The van der Waals surface area contributed by atoms with Gasteiger partial charge < -0.3 is 9.84 Å². The molecular formula is C20H24IN2O2+. The van der Waals surface area contributed by atoms with E-state index < -0.39 is 6.10 Å². The maximum Gasteiger partial charge on any atom is 0.257 e. The third-order valence-corrected chi connectivity index (χ3v) is 5.07. The highest BCUT2D eigenvalue weighted by Gasteiger charge is 2.23. The first-order valence-corrected chi connectivity index (χ1v) is 9.70. The van der Waals surface area contributed by atoms with Crippen molar-refractivity contribution in [2.24, 2.45) is 7.05 Å². The van der Waals surface area contributed by atoms with E-state index in [1.54, 1.807) is 0 Å². The fraction of sp³-hybridized carbons (Fsp3) is 0.350. The highest BCUT2D eigenvalue weighted by atomic mass is 127. The van der Waals surface area contributed by atoms with Crippen molar-refractivity contribution >= 4 is 33.6 Å². The Labute approximate surface area is 162 Å². The van der Waals surface area contributed by atoms with E-state index >= 15 is 0 Å². The molecule has 1 heterocycles. The second kappa shape index (κ2) is 8.19. The predicted molar refractivity (Wildman–Crippen MR) is 108 cm³/mol. The lowest BCUT2D eigenvalue weighted by atomic mass is 10.3. The van der Waals surface area contributed by atoms with Crippen molar-refractivity contribution in [1.82, 2.24) is 4.57 Å². The van der Waals surface area contributed by atoms with Gasteiger partial charge in [-0.25, -0.2) is 9.13 Å². The molecule has 0 saturated heterocycles. The van der Waals surface area contributed by atoms with Crippen LogP contribution < -0.4 is 9.30 Å².